The Morgan fingerprint density at radius 1 is 1.00 bits per heavy atom. The topological polar surface area (TPSA) is 55.1 Å². The third kappa shape index (κ3) is 3.58. The fraction of sp³-hybridized carbons (Fsp3) is 0.261. The van der Waals surface area contributed by atoms with Gasteiger partial charge in [-0.15, -0.1) is 0 Å². The average Bonchev–Trinajstić information content (AvgIpc) is 3.20. The molecule has 0 amide bonds. The van der Waals surface area contributed by atoms with Gasteiger partial charge in [0, 0.05) is 40.7 Å². The molecule has 0 unspecified atom stereocenters. The van der Waals surface area contributed by atoms with Gasteiger partial charge in [-0.05, 0) is 44.0 Å². The minimum atomic E-state index is 0.317. The lowest BCUT2D eigenvalue weighted by Crippen LogP contribution is -2.33. The largest absolute Gasteiger partial charge is 0.371 e. The van der Waals surface area contributed by atoms with Crippen molar-refractivity contribution in [2.24, 2.45) is 0 Å². The van der Waals surface area contributed by atoms with Gasteiger partial charge in [0.2, 0.25) is 5.89 Å². The zero-order valence-electron chi connectivity index (χ0n) is 16.2. The number of rotatable bonds is 3. The molecular formula is C23H21ClN4O. The molecule has 0 spiro atoms. The van der Waals surface area contributed by atoms with Crippen molar-refractivity contribution in [3.8, 4) is 11.3 Å². The smallest absolute Gasteiger partial charge is 0.229 e. The maximum Gasteiger partial charge on any atom is 0.229 e. The second-order valence-electron chi connectivity index (χ2n) is 7.50. The van der Waals surface area contributed by atoms with Crippen molar-refractivity contribution < 1.29 is 4.52 Å². The van der Waals surface area contributed by atoms with Crippen LogP contribution >= 0.6 is 11.6 Å². The summed E-state index contributed by atoms with van der Waals surface area (Å²) < 4.78 is 5.40. The summed E-state index contributed by atoms with van der Waals surface area (Å²) in [6, 6.07) is 18.4. The summed E-state index contributed by atoms with van der Waals surface area (Å²) in [4.78, 5) is 11.7. The molecule has 2 aromatic carbocycles. The van der Waals surface area contributed by atoms with Crippen LogP contribution in [0.2, 0.25) is 5.02 Å². The van der Waals surface area contributed by atoms with E-state index < -0.39 is 0 Å². The highest BCUT2D eigenvalue weighted by atomic mass is 35.5. The molecule has 1 saturated heterocycles. The Morgan fingerprint density at radius 3 is 2.52 bits per heavy atom. The number of benzene rings is 2. The molecule has 0 N–H and O–H groups in total. The highest BCUT2D eigenvalue weighted by Gasteiger charge is 2.26. The van der Waals surface area contributed by atoms with Gasteiger partial charge in [-0.1, -0.05) is 47.1 Å². The van der Waals surface area contributed by atoms with Gasteiger partial charge in [0.05, 0.1) is 11.2 Å². The van der Waals surface area contributed by atoms with Crippen LogP contribution in [0.5, 0.6) is 0 Å². The van der Waals surface area contributed by atoms with E-state index in [0.29, 0.717) is 11.7 Å². The van der Waals surface area contributed by atoms with Crippen molar-refractivity contribution in [1.82, 2.24) is 15.1 Å². The van der Waals surface area contributed by atoms with E-state index in [-0.39, 0.29) is 0 Å². The van der Waals surface area contributed by atoms with E-state index in [1.807, 2.05) is 43.3 Å². The Morgan fingerprint density at radius 2 is 1.79 bits per heavy atom. The Kier molecular flexibility index (Phi) is 4.68. The number of pyridine rings is 1. The minimum Gasteiger partial charge on any atom is -0.371 e. The standard InChI is InChI=1S/C23H21ClN4O/c1-15-25-23(29-27-15)17-9-11-28(12-10-17)22-14-21(16-5-3-2-4-6-16)26-20-8-7-18(24)13-19(20)22/h2-8,13-14,17H,9-12H2,1H3. The van der Waals surface area contributed by atoms with Gasteiger partial charge in [0.1, 0.15) is 0 Å². The van der Waals surface area contributed by atoms with Gasteiger partial charge in [0.15, 0.2) is 5.82 Å². The SMILES string of the molecule is Cc1noc(C2CCN(c3cc(-c4ccccc4)nc4ccc(Cl)cc34)CC2)n1. The number of fused-ring (bicyclic) bond motifs is 1. The molecule has 1 aliphatic heterocycles. The molecule has 2 aromatic heterocycles. The van der Waals surface area contributed by atoms with Crippen LogP contribution in [0.25, 0.3) is 22.2 Å². The van der Waals surface area contributed by atoms with E-state index in [2.05, 4.69) is 33.2 Å². The van der Waals surface area contributed by atoms with Crippen LogP contribution in [-0.4, -0.2) is 28.2 Å². The summed E-state index contributed by atoms with van der Waals surface area (Å²) in [5.41, 5.74) is 4.23. The molecule has 146 valence electrons. The first-order chi connectivity index (χ1) is 14.2. The predicted octanol–water partition coefficient (Wildman–Crippen LogP) is 5.63. The summed E-state index contributed by atoms with van der Waals surface area (Å²) >= 11 is 6.32. The number of piperidine rings is 1. The van der Waals surface area contributed by atoms with Gasteiger partial charge in [-0.25, -0.2) is 4.98 Å². The molecular weight excluding hydrogens is 384 g/mol. The molecule has 4 aromatic rings. The number of halogens is 1. The third-order valence-corrected chi connectivity index (χ3v) is 5.78. The van der Waals surface area contributed by atoms with E-state index in [0.717, 1.165) is 59.0 Å². The lowest BCUT2D eigenvalue weighted by molar-refractivity contribution is 0.327. The number of hydrogen-bond donors (Lipinski definition) is 0. The molecule has 0 aliphatic carbocycles. The summed E-state index contributed by atoms with van der Waals surface area (Å²) in [5.74, 6) is 1.78. The van der Waals surface area contributed by atoms with E-state index in [9.17, 15) is 0 Å². The molecule has 0 atom stereocenters. The predicted molar refractivity (Wildman–Crippen MR) is 115 cm³/mol. The van der Waals surface area contributed by atoms with Gasteiger partial charge < -0.3 is 9.42 Å². The van der Waals surface area contributed by atoms with Gasteiger partial charge >= 0.3 is 0 Å². The van der Waals surface area contributed by atoms with Gasteiger partial charge in [-0.2, -0.15) is 4.98 Å². The number of hydrogen-bond acceptors (Lipinski definition) is 5. The maximum atomic E-state index is 6.32. The average molecular weight is 405 g/mol. The van der Waals surface area contributed by atoms with Gasteiger partial charge in [0.25, 0.3) is 0 Å². The highest BCUT2D eigenvalue weighted by Crippen LogP contribution is 2.36. The minimum absolute atomic E-state index is 0.317. The van der Waals surface area contributed by atoms with Crippen LogP contribution in [0, 0.1) is 6.92 Å². The summed E-state index contributed by atoms with van der Waals surface area (Å²) in [5, 5.41) is 5.76. The van der Waals surface area contributed by atoms with Crippen molar-refractivity contribution in [2.75, 3.05) is 18.0 Å². The first-order valence-corrected chi connectivity index (χ1v) is 10.3. The van der Waals surface area contributed by atoms with Gasteiger partial charge in [-0.3, -0.25) is 0 Å². The second-order valence-corrected chi connectivity index (χ2v) is 7.93. The van der Waals surface area contributed by atoms with Crippen molar-refractivity contribution in [1.29, 1.82) is 0 Å². The quantitative estimate of drug-likeness (QED) is 0.443. The lowest BCUT2D eigenvalue weighted by atomic mass is 9.95. The molecule has 0 radical (unpaired) electrons. The fourth-order valence-electron chi connectivity index (χ4n) is 4.04. The highest BCUT2D eigenvalue weighted by molar-refractivity contribution is 6.31. The van der Waals surface area contributed by atoms with Crippen molar-refractivity contribution >= 4 is 28.2 Å². The molecule has 3 heterocycles. The molecule has 1 aliphatic rings. The van der Waals surface area contributed by atoms with Crippen LogP contribution in [0.3, 0.4) is 0 Å². The van der Waals surface area contributed by atoms with Crippen molar-refractivity contribution in [3.63, 3.8) is 0 Å². The van der Waals surface area contributed by atoms with E-state index in [1.54, 1.807) is 0 Å². The number of aromatic nitrogens is 3. The van der Waals surface area contributed by atoms with Crippen LogP contribution in [0.1, 0.15) is 30.5 Å². The van der Waals surface area contributed by atoms with E-state index in [1.165, 1.54) is 5.69 Å². The molecule has 5 nitrogen and oxygen atoms in total. The van der Waals surface area contributed by atoms with Crippen molar-refractivity contribution in [2.45, 2.75) is 25.7 Å². The Hall–Kier alpha value is -2.92. The second kappa shape index (κ2) is 7.48. The molecule has 5 rings (SSSR count). The molecule has 1 fully saturated rings. The Labute approximate surface area is 174 Å². The molecule has 29 heavy (non-hydrogen) atoms. The molecule has 6 heteroatoms. The van der Waals surface area contributed by atoms with Crippen molar-refractivity contribution in [3.05, 3.63) is 71.3 Å². The number of nitrogens with zero attached hydrogens (tertiary/aromatic N) is 4. The van der Waals surface area contributed by atoms with Crippen LogP contribution in [0.15, 0.2) is 59.1 Å². The summed E-state index contributed by atoms with van der Waals surface area (Å²) in [6.07, 6.45) is 1.96. The zero-order chi connectivity index (χ0) is 19.8. The van der Waals surface area contributed by atoms with E-state index >= 15 is 0 Å². The third-order valence-electron chi connectivity index (χ3n) is 5.55. The summed E-state index contributed by atoms with van der Waals surface area (Å²) in [7, 11) is 0. The first-order valence-electron chi connectivity index (χ1n) is 9.88. The lowest BCUT2D eigenvalue weighted by Gasteiger charge is -2.33. The monoisotopic (exact) mass is 404 g/mol. The normalized spacial score (nSPS) is 15.2. The molecule has 0 saturated carbocycles. The fourth-order valence-corrected chi connectivity index (χ4v) is 4.22. The maximum absolute atomic E-state index is 6.32. The number of anilines is 1. The Balaban J connectivity index is 1.51. The van der Waals surface area contributed by atoms with Crippen LogP contribution < -0.4 is 4.90 Å². The molecule has 0 bridgehead atoms. The zero-order valence-corrected chi connectivity index (χ0v) is 16.9. The summed E-state index contributed by atoms with van der Waals surface area (Å²) in [6.45, 7) is 3.71. The van der Waals surface area contributed by atoms with E-state index in [4.69, 9.17) is 21.1 Å². The number of aryl methyl sites for hydroxylation is 1. The van der Waals surface area contributed by atoms with Crippen LogP contribution in [0.4, 0.5) is 5.69 Å². The van der Waals surface area contributed by atoms with Crippen LogP contribution in [-0.2, 0) is 0 Å². The Bertz CT molecular complexity index is 1150. The first kappa shape index (κ1) is 18.1.